The van der Waals surface area contributed by atoms with Crippen LogP contribution in [-0.2, 0) is 21.1 Å². The van der Waals surface area contributed by atoms with Crippen LogP contribution in [0.25, 0.3) is 10.9 Å². The van der Waals surface area contributed by atoms with Crippen molar-refractivity contribution in [2.24, 2.45) is 7.05 Å². The number of carbonyl (C=O) groups excluding carboxylic acids is 1. The summed E-state index contributed by atoms with van der Waals surface area (Å²) in [5, 5.41) is 1.19. The smallest absolute Gasteiger partial charge is 0.465 e. The average molecular weight is 668 g/mol. The Morgan fingerprint density at radius 1 is 1.14 bits per heavy atom. The lowest BCUT2D eigenvalue weighted by Crippen LogP contribution is -2.41. The van der Waals surface area contributed by atoms with E-state index >= 15 is 0 Å². The Hall–Kier alpha value is -1.50. The first-order chi connectivity index (χ1) is 16.9. The van der Waals surface area contributed by atoms with Crippen LogP contribution in [0.3, 0.4) is 0 Å². The van der Waals surface area contributed by atoms with Crippen molar-refractivity contribution in [3.63, 3.8) is 0 Å². The summed E-state index contributed by atoms with van der Waals surface area (Å²) in [6, 6.07) is 5.85. The van der Waals surface area contributed by atoms with E-state index in [2.05, 4.69) is 86.8 Å². The van der Waals surface area contributed by atoms with Gasteiger partial charge in [-0.2, -0.15) is 0 Å². The molecule has 0 radical (unpaired) electrons. The molecule has 0 N–H and O–H groups in total. The molecule has 10 heteroatoms. The van der Waals surface area contributed by atoms with Gasteiger partial charge in [-0.25, -0.2) is 14.8 Å². The van der Waals surface area contributed by atoms with Crippen molar-refractivity contribution in [1.82, 2.24) is 14.5 Å². The Morgan fingerprint density at radius 3 is 2.25 bits per heavy atom. The van der Waals surface area contributed by atoms with Crippen molar-refractivity contribution < 1.29 is 18.8 Å². The molecule has 7 nitrogen and oxygen atoms in total. The number of benzene rings is 1. The molecule has 36 heavy (non-hydrogen) atoms. The van der Waals surface area contributed by atoms with E-state index in [4.69, 9.17) is 14.0 Å². The molecule has 0 bridgehead atoms. The van der Waals surface area contributed by atoms with Crippen LogP contribution in [-0.4, -0.2) is 45.9 Å². The maximum Gasteiger partial charge on any atom is 0.512 e. The quantitative estimate of drug-likeness (QED) is 0.153. The lowest BCUT2D eigenvalue weighted by Gasteiger charge is -2.32. The van der Waals surface area contributed by atoms with E-state index in [1.54, 1.807) is 12.4 Å². The number of aromatic nitrogens is 3. The predicted molar refractivity (Wildman–Crippen MR) is 154 cm³/mol. The van der Waals surface area contributed by atoms with Crippen LogP contribution >= 0.6 is 38.5 Å². The Kier molecular flexibility index (Phi) is 8.19. The number of hydrogen-bond donors (Lipinski definition) is 0. The third-order valence-corrected chi connectivity index (χ3v) is 8.50. The molecule has 1 aliphatic heterocycles. The maximum absolute atomic E-state index is 12.1. The largest absolute Gasteiger partial charge is 0.512 e. The Balaban J connectivity index is 0.000000325. The van der Waals surface area contributed by atoms with E-state index in [1.165, 1.54) is 43.7 Å². The summed E-state index contributed by atoms with van der Waals surface area (Å²) in [5.41, 5.74) is 3.22. The lowest BCUT2D eigenvalue weighted by atomic mass is 9.77. The summed E-state index contributed by atoms with van der Waals surface area (Å²) in [6.07, 6.45) is 8.31. The fourth-order valence-electron chi connectivity index (χ4n) is 4.91. The highest BCUT2D eigenvalue weighted by Crippen LogP contribution is 2.41. The molecule has 1 aliphatic carbocycles. The lowest BCUT2D eigenvalue weighted by molar-refractivity contribution is 0.00578. The topological polar surface area (TPSA) is 75.5 Å². The highest BCUT2D eigenvalue weighted by molar-refractivity contribution is 14.1. The number of aryl methyl sites for hydroxylation is 1. The van der Waals surface area contributed by atoms with Gasteiger partial charge in [-0.15, -0.1) is 0 Å². The standard InChI is InChI=1S/C22H30BNO4.C4H2BrIN2/c1-21(2)22(3,4)28-23(27-21)19-18(14-9-7-8-10-14)16-12-11-15(20(25)26-6)13-17(16)24(19)5;5-3-1-7-4(6)8-2-3/h11-14H,7-10H2,1-6H3;1-2H. The van der Waals surface area contributed by atoms with Gasteiger partial charge in [0.05, 0.1) is 33.9 Å². The zero-order valence-corrected chi connectivity index (χ0v) is 25.3. The third-order valence-electron chi connectivity index (χ3n) is 7.54. The van der Waals surface area contributed by atoms with Gasteiger partial charge in [-0.3, -0.25) is 0 Å². The van der Waals surface area contributed by atoms with Crippen LogP contribution in [0.1, 0.15) is 75.2 Å². The number of nitrogens with zero attached hydrogens (tertiary/aromatic N) is 3. The molecule has 0 atom stereocenters. The van der Waals surface area contributed by atoms with Gasteiger partial charge < -0.3 is 18.6 Å². The molecule has 3 aromatic rings. The Morgan fingerprint density at radius 2 is 1.72 bits per heavy atom. The molecule has 2 aliphatic rings. The van der Waals surface area contributed by atoms with Gasteiger partial charge in [-0.05, 0) is 80.1 Å². The fraction of sp³-hybridized carbons (Fsp3) is 0.500. The number of methoxy groups -OCH3 is 1. The number of esters is 1. The van der Waals surface area contributed by atoms with Crippen molar-refractivity contribution in [2.75, 3.05) is 7.11 Å². The van der Waals surface area contributed by atoms with Gasteiger partial charge in [-0.1, -0.05) is 18.9 Å². The van der Waals surface area contributed by atoms with Crippen LogP contribution in [0, 0.1) is 3.83 Å². The molecule has 0 spiro atoms. The van der Waals surface area contributed by atoms with Crippen LogP contribution in [0.2, 0.25) is 0 Å². The first-order valence-electron chi connectivity index (χ1n) is 12.1. The van der Waals surface area contributed by atoms with Gasteiger partial charge in [0.2, 0.25) is 0 Å². The first kappa shape index (κ1) is 27.5. The molecule has 0 unspecified atom stereocenters. The number of hydrogen-bond acceptors (Lipinski definition) is 6. The Labute approximate surface area is 235 Å². The van der Waals surface area contributed by atoms with E-state index in [9.17, 15) is 4.79 Å². The highest BCUT2D eigenvalue weighted by Gasteiger charge is 2.53. The number of ether oxygens (including phenoxy) is 1. The van der Waals surface area contributed by atoms with Gasteiger partial charge in [0.15, 0.2) is 3.83 Å². The number of fused-ring (bicyclic) bond motifs is 1. The van der Waals surface area contributed by atoms with Crippen LogP contribution in [0.5, 0.6) is 0 Å². The van der Waals surface area contributed by atoms with E-state index in [0.717, 1.165) is 19.4 Å². The monoisotopic (exact) mass is 667 g/mol. The molecule has 1 aromatic carbocycles. The first-order valence-corrected chi connectivity index (χ1v) is 14.0. The summed E-state index contributed by atoms with van der Waals surface area (Å²) in [5.74, 6) is 0.185. The van der Waals surface area contributed by atoms with E-state index < -0.39 is 18.3 Å². The van der Waals surface area contributed by atoms with Crippen molar-refractivity contribution >= 4 is 68.1 Å². The molecule has 2 aromatic heterocycles. The fourth-order valence-corrected chi connectivity index (χ4v) is 5.39. The summed E-state index contributed by atoms with van der Waals surface area (Å²) < 4.78 is 21.6. The van der Waals surface area contributed by atoms with Crippen molar-refractivity contribution in [1.29, 1.82) is 0 Å². The minimum Gasteiger partial charge on any atom is -0.465 e. The highest BCUT2D eigenvalue weighted by atomic mass is 127. The predicted octanol–water partition coefficient (Wildman–Crippen LogP) is 5.77. The average Bonchev–Trinajstić information content (AvgIpc) is 3.51. The van der Waals surface area contributed by atoms with Crippen LogP contribution < -0.4 is 5.59 Å². The second-order valence-electron chi connectivity index (χ2n) is 10.3. The van der Waals surface area contributed by atoms with E-state index in [0.29, 0.717) is 11.5 Å². The summed E-state index contributed by atoms with van der Waals surface area (Å²) in [6.45, 7) is 8.33. The molecular weight excluding hydrogens is 636 g/mol. The molecule has 0 amide bonds. The molecule has 2 fully saturated rings. The van der Waals surface area contributed by atoms with Crippen LogP contribution in [0.4, 0.5) is 0 Å². The minimum atomic E-state index is -0.417. The second-order valence-corrected chi connectivity index (χ2v) is 12.2. The maximum atomic E-state index is 12.1. The normalized spacial score (nSPS) is 18.8. The molecule has 192 valence electrons. The van der Waals surface area contributed by atoms with Crippen molar-refractivity contribution in [3.8, 4) is 0 Å². The van der Waals surface area contributed by atoms with Gasteiger partial charge in [0, 0.05) is 52.9 Å². The zero-order chi connectivity index (χ0) is 26.3. The summed E-state index contributed by atoms with van der Waals surface area (Å²) in [7, 11) is 3.04. The van der Waals surface area contributed by atoms with Crippen LogP contribution in [0.15, 0.2) is 35.1 Å². The van der Waals surface area contributed by atoms with Crippen molar-refractivity contribution in [3.05, 3.63) is 50.0 Å². The zero-order valence-electron chi connectivity index (χ0n) is 21.6. The summed E-state index contributed by atoms with van der Waals surface area (Å²) >= 11 is 5.27. The number of halogens is 2. The van der Waals surface area contributed by atoms with E-state index in [1.807, 2.05) is 19.2 Å². The Bertz CT molecular complexity index is 1220. The molecular formula is C26H32BBrIN3O4. The van der Waals surface area contributed by atoms with E-state index in [-0.39, 0.29) is 5.97 Å². The minimum absolute atomic E-state index is 0.317. The second kappa shape index (κ2) is 10.7. The van der Waals surface area contributed by atoms with Gasteiger partial charge >= 0.3 is 13.1 Å². The van der Waals surface area contributed by atoms with Gasteiger partial charge in [0.1, 0.15) is 0 Å². The molecule has 1 saturated heterocycles. The molecule has 1 saturated carbocycles. The van der Waals surface area contributed by atoms with Crippen molar-refractivity contribution in [2.45, 2.75) is 70.5 Å². The number of carbonyl (C=O) groups is 1. The SMILES string of the molecule is Brc1cnc(I)nc1.COC(=O)c1ccc2c(C3CCCC3)c(B3OC(C)(C)C(C)(C)O3)n(C)c2c1. The number of rotatable bonds is 3. The summed E-state index contributed by atoms with van der Waals surface area (Å²) in [4.78, 5) is 19.9. The third kappa shape index (κ3) is 5.37. The molecule has 3 heterocycles. The van der Waals surface area contributed by atoms with Gasteiger partial charge in [0.25, 0.3) is 0 Å². The molecule has 5 rings (SSSR count).